The molecule has 0 bridgehead atoms. The second-order valence-electron chi connectivity index (χ2n) is 5.90. The Kier molecular flexibility index (Phi) is 3.26. The van der Waals surface area contributed by atoms with E-state index in [1.165, 1.54) is 0 Å². The molecule has 7 heteroatoms. The number of aromatic nitrogens is 2. The van der Waals surface area contributed by atoms with Gasteiger partial charge in [0.15, 0.2) is 0 Å². The van der Waals surface area contributed by atoms with E-state index in [4.69, 9.17) is 5.11 Å². The number of hydrogen-bond donors (Lipinski definition) is 4. The maximum atomic E-state index is 11.3. The minimum absolute atomic E-state index is 0.202. The lowest BCUT2D eigenvalue weighted by Crippen LogP contribution is -2.19. The van der Waals surface area contributed by atoms with Gasteiger partial charge >= 0.3 is 11.8 Å². The summed E-state index contributed by atoms with van der Waals surface area (Å²) in [7, 11) is 0. The molecule has 2 heterocycles. The van der Waals surface area contributed by atoms with Crippen LogP contribution in [0.4, 0.5) is 16.2 Å². The summed E-state index contributed by atoms with van der Waals surface area (Å²) in [6.07, 6.45) is -0.174. The third kappa shape index (κ3) is 2.60. The van der Waals surface area contributed by atoms with E-state index in [1.54, 1.807) is 6.07 Å². The van der Waals surface area contributed by atoms with Crippen LogP contribution in [0.2, 0.25) is 0 Å². The van der Waals surface area contributed by atoms with E-state index in [0.29, 0.717) is 5.69 Å². The zero-order valence-corrected chi connectivity index (χ0v) is 12.8. The Balaban J connectivity index is 1.58. The van der Waals surface area contributed by atoms with E-state index in [0.717, 1.165) is 47.4 Å². The minimum atomic E-state index is -1.06. The Labute approximate surface area is 136 Å². The first kappa shape index (κ1) is 14.4. The van der Waals surface area contributed by atoms with Crippen LogP contribution in [0.1, 0.15) is 11.1 Å². The number of aromatic amines is 2. The topological polar surface area (TPSA) is 101 Å². The van der Waals surface area contributed by atoms with Crippen LogP contribution >= 0.6 is 0 Å². The first-order valence-corrected chi connectivity index (χ1v) is 7.67. The van der Waals surface area contributed by atoms with Crippen molar-refractivity contribution >= 4 is 28.5 Å². The van der Waals surface area contributed by atoms with Crippen molar-refractivity contribution in [3.8, 4) is 0 Å². The number of nitrogens with zero attached hydrogens (tertiary/aromatic N) is 1. The van der Waals surface area contributed by atoms with Gasteiger partial charge in [-0.1, -0.05) is 6.07 Å². The van der Waals surface area contributed by atoms with E-state index in [-0.39, 0.29) is 5.69 Å². The number of benzene rings is 2. The SMILES string of the molecule is O=C(O)Nc1ccc2c(c1)CCN2Cc1ccc2[nH]c(=O)[nH]c2c1. The second kappa shape index (κ2) is 5.45. The maximum Gasteiger partial charge on any atom is 0.409 e. The fourth-order valence-corrected chi connectivity index (χ4v) is 3.23. The van der Waals surface area contributed by atoms with Gasteiger partial charge in [0.1, 0.15) is 0 Å². The summed E-state index contributed by atoms with van der Waals surface area (Å²) in [6, 6.07) is 11.5. The Morgan fingerprint density at radius 3 is 2.83 bits per heavy atom. The number of hydrogen-bond acceptors (Lipinski definition) is 3. The summed E-state index contributed by atoms with van der Waals surface area (Å²) in [6.45, 7) is 1.62. The van der Waals surface area contributed by atoms with E-state index in [2.05, 4.69) is 20.2 Å². The molecule has 122 valence electrons. The third-order valence-electron chi connectivity index (χ3n) is 4.28. The Bertz CT molecular complexity index is 989. The van der Waals surface area contributed by atoms with Crippen LogP contribution in [-0.4, -0.2) is 27.7 Å². The molecule has 0 spiro atoms. The zero-order chi connectivity index (χ0) is 16.7. The molecule has 1 aliphatic heterocycles. The molecule has 24 heavy (non-hydrogen) atoms. The molecule has 7 nitrogen and oxygen atoms in total. The Morgan fingerprint density at radius 2 is 2.00 bits per heavy atom. The first-order chi connectivity index (χ1) is 11.6. The van der Waals surface area contributed by atoms with E-state index >= 15 is 0 Å². The molecule has 0 unspecified atom stereocenters. The molecular weight excluding hydrogens is 308 g/mol. The van der Waals surface area contributed by atoms with Gasteiger partial charge in [0.25, 0.3) is 0 Å². The van der Waals surface area contributed by atoms with E-state index < -0.39 is 6.09 Å². The minimum Gasteiger partial charge on any atom is -0.465 e. The average Bonchev–Trinajstić information content (AvgIpc) is 3.09. The number of H-pyrrole nitrogens is 2. The molecular formula is C17H16N4O3. The molecule has 0 radical (unpaired) electrons. The second-order valence-corrected chi connectivity index (χ2v) is 5.90. The van der Waals surface area contributed by atoms with Gasteiger partial charge in [-0.2, -0.15) is 0 Å². The lowest BCUT2D eigenvalue weighted by Gasteiger charge is -2.19. The maximum absolute atomic E-state index is 11.3. The number of carbonyl (C=O) groups is 1. The van der Waals surface area contributed by atoms with E-state index in [1.807, 2.05) is 30.3 Å². The predicted molar refractivity (Wildman–Crippen MR) is 91.8 cm³/mol. The molecule has 1 amide bonds. The van der Waals surface area contributed by atoms with Crippen LogP contribution in [0.15, 0.2) is 41.2 Å². The molecule has 3 aromatic rings. The fraction of sp³-hybridized carbons (Fsp3) is 0.176. The average molecular weight is 324 g/mol. The van der Waals surface area contributed by atoms with Crippen molar-refractivity contribution in [1.82, 2.24) is 9.97 Å². The number of anilines is 2. The lowest BCUT2D eigenvalue weighted by molar-refractivity contribution is 0.210. The van der Waals surface area contributed by atoms with Gasteiger partial charge in [0, 0.05) is 24.5 Å². The van der Waals surface area contributed by atoms with Crippen molar-refractivity contribution in [3.63, 3.8) is 0 Å². The van der Waals surface area contributed by atoms with Crippen LogP contribution in [0.3, 0.4) is 0 Å². The zero-order valence-electron chi connectivity index (χ0n) is 12.8. The highest BCUT2D eigenvalue weighted by atomic mass is 16.4. The molecule has 0 aliphatic carbocycles. The van der Waals surface area contributed by atoms with Crippen LogP contribution in [0.25, 0.3) is 11.0 Å². The van der Waals surface area contributed by atoms with Gasteiger partial charge in [-0.25, -0.2) is 9.59 Å². The summed E-state index contributed by atoms with van der Waals surface area (Å²) < 4.78 is 0. The molecule has 0 saturated carbocycles. The van der Waals surface area contributed by atoms with Crippen molar-refractivity contribution in [2.45, 2.75) is 13.0 Å². The summed E-state index contributed by atoms with van der Waals surface area (Å²) in [5.74, 6) is 0. The van der Waals surface area contributed by atoms with Gasteiger partial charge in [0.05, 0.1) is 11.0 Å². The smallest absolute Gasteiger partial charge is 0.409 e. The molecule has 1 aliphatic rings. The van der Waals surface area contributed by atoms with Crippen molar-refractivity contribution in [1.29, 1.82) is 0 Å². The van der Waals surface area contributed by atoms with Crippen molar-refractivity contribution in [2.75, 3.05) is 16.8 Å². The van der Waals surface area contributed by atoms with Crippen LogP contribution in [0.5, 0.6) is 0 Å². The lowest BCUT2D eigenvalue weighted by atomic mass is 10.1. The summed E-state index contributed by atoms with van der Waals surface area (Å²) >= 11 is 0. The standard InChI is InChI=1S/C17H16N4O3/c22-16-19-13-3-1-10(7-14(13)20-16)9-21-6-5-11-8-12(18-17(23)24)2-4-15(11)21/h1-4,7-8,18H,5-6,9H2,(H,23,24)(H2,19,20,22). The molecule has 0 atom stereocenters. The van der Waals surface area contributed by atoms with E-state index in [9.17, 15) is 9.59 Å². The van der Waals surface area contributed by atoms with Gasteiger partial charge in [0.2, 0.25) is 0 Å². The molecule has 2 aromatic carbocycles. The molecule has 4 N–H and O–H groups in total. The normalized spacial score (nSPS) is 13.2. The van der Waals surface area contributed by atoms with Crippen LogP contribution in [0, 0.1) is 0 Å². The van der Waals surface area contributed by atoms with Gasteiger partial charge in [-0.3, -0.25) is 5.32 Å². The Hall–Kier alpha value is -3.22. The predicted octanol–water partition coefficient (Wildman–Crippen LogP) is 2.51. The number of amides is 1. The quantitative estimate of drug-likeness (QED) is 0.594. The molecule has 0 saturated heterocycles. The van der Waals surface area contributed by atoms with Crippen LogP contribution < -0.4 is 15.9 Å². The Morgan fingerprint density at radius 1 is 1.17 bits per heavy atom. The fourth-order valence-electron chi connectivity index (χ4n) is 3.23. The van der Waals surface area contributed by atoms with Crippen LogP contribution in [-0.2, 0) is 13.0 Å². The number of fused-ring (bicyclic) bond motifs is 2. The van der Waals surface area contributed by atoms with Crippen molar-refractivity contribution in [2.24, 2.45) is 0 Å². The van der Waals surface area contributed by atoms with Crippen molar-refractivity contribution in [3.05, 3.63) is 58.0 Å². The third-order valence-corrected chi connectivity index (χ3v) is 4.28. The van der Waals surface area contributed by atoms with Gasteiger partial charge in [-0.05, 0) is 47.9 Å². The largest absolute Gasteiger partial charge is 0.465 e. The summed E-state index contributed by atoms with van der Waals surface area (Å²) in [4.78, 5) is 29.8. The monoisotopic (exact) mass is 324 g/mol. The number of carboxylic acid groups (broad SMARTS) is 1. The number of nitrogens with one attached hydrogen (secondary N) is 3. The number of rotatable bonds is 3. The highest BCUT2D eigenvalue weighted by molar-refractivity contribution is 5.84. The molecule has 0 fully saturated rings. The van der Waals surface area contributed by atoms with Gasteiger partial charge < -0.3 is 20.0 Å². The highest BCUT2D eigenvalue weighted by Gasteiger charge is 2.20. The summed E-state index contributed by atoms with van der Waals surface area (Å²) in [5.41, 5.74) is 5.36. The van der Waals surface area contributed by atoms with Crippen molar-refractivity contribution < 1.29 is 9.90 Å². The first-order valence-electron chi connectivity index (χ1n) is 7.67. The summed E-state index contributed by atoms with van der Waals surface area (Å²) in [5, 5.41) is 11.2. The number of imidazole rings is 1. The molecule has 1 aromatic heterocycles. The molecule has 4 rings (SSSR count). The highest BCUT2D eigenvalue weighted by Crippen LogP contribution is 2.31. The van der Waals surface area contributed by atoms with Gasteiger partial charge in [-0.15, -0.1) is 0 Å².